The number of piperidine rings is 1. The Morgan fingerprint density at radius 2 is 1.80 bits per heavy atom. The number of rotatable bonds is 0. The summed E-state index contributed by atoms with van der Waals surface area (Å²) in [5.74, 6) is 0. The van der Waals surface area contributed by atoms with Crippen molar-refractivity contribution in [1.82, 2.24) is 4.90 Å². The largest absolute Gasteiger partial charge is 0.300 e. The van der Waals surface area contributed by atoms with E-state index in [1.807, 2.05) is 0 Å². The Morgan fingerprint density at radius 1 is 1.30 bits per heavy atom. The van der Waals surface area contributed by atoms with Crippen LogP contribution < -0.4 is 0 Å². The molecule has 1 nitrogen and oxygen atoms in total. The van der Waals surface area contributed by atoms with Gasteiger partial charge in [0.05, 0.1) is 0 Å². The molecule has 0 aromatic rings. The lowest BCUT2D eigenvalue weighted by Crippen LogP contribution is -2.36. The second kappa shape index (κ2) is 2.09. The predicted molar refractivity (Wildman–Crippen MR) is 42.9 cm³/mol. The van der Waals surface area contributed by atoms with Crippen LogP contribution >= 0.6 is 0 Å². The van der Waals surface area contributed by atoms with Crippen molar-refractivity contribution in [2.75, 3.05) is 7.05 Å². The zero-order chi connectivity index (χ0) is 7.14. The van der Waals surface area contributed by atoms with E-state index in [1.165, 1.54) is 31.3 Å². The fourth-order valence-electron chi connectivity index (χ4n) is 2.33. The first-order valence-electron chi connectivity index (χ1n) is 4.16. The lowest BCUT2D eigenvalue weighted by molar-refractivity contribution is 0.210. The fraction of sp³-hybridized carbons (Fsp3) is 0.778. The minimum absolute atomic E-state index is 0.839. The summed E-state index contributed by atoms with van der Waals surface area (Å²) in [7, 11) is 2.26. The first kappa shape index (κ1) is 6.41. The molecule has 2 saturated heterocycles. The highest BCUT2D eigenvalue weighted by Crippen LogP contribution is 2.35. The maximum atomic E-state index is 4.06. The molecule has 0 saturated carbocycles. The smallest absolute Gasteiger partial charge is 0.0133 e. The minimum Gasteiger partial charge on any atom is -0.300 e. The molecule has 2 fully saturated rings. The van der Waals surface area contributed by atoms with Gasteiger partial charge in [0, 0.05) is 12.1 Å². The summed E-state index contributed by atoms with van der Waals surface area (Å²) in [4.78, 5) is 2.54. The first-order chi connectivity index (χ1) is 4.77. The second-order valence-electron chi connectivity index (χ2n) is 3.71. The highest BCUT2D eigenvalue weighted by Gasteiger charge is 2.34. The summed E-state index contributed by atoms with van der Waals surface area (Å²) in [6.07, 6.45) is 5.32. The molecule has 0 aromatic heterocycles. The van der Waals surface area contributed by atoms with E-state index in [4.69, 9.17) is 0 Å². The Hall–Kier alpha value is -0.300. The van der Waals surface area contributed by atoms with Gasteiger partial charge in [0.2, 0.25) is 0 Å². The van der Waals surface area contributed by atoms with E-state index < -0.39 is 0 Å². The van der Waals surface area contributed by atoms with Crippen LogP contribution in [0.3, 0.4) is 0 Å². The molecular formula is C9H15N. The van der Waals surface area contributed by atoms with Gasteiger partial charge in [-0.2, -0.15) is 0 Å². The van der Waals surface area contributed by atoms with Crippen LogP contribution in [0.2, 0.25) is 0 Å². The fourth-order valence-corrected chi connectivity index (χ4v) is 2.33. The topological polar surface area (TPSA) is 3.24 Å². The molecule has 2 heterocycles. The summed E-state index contributed by atoms with van der Waals surface area (Å²) < 4.78 is 0. The van der Waals surface area contributed by atoms with Crippen LogP contribution in [-0.4, -0.2) is 24.0 Å². The molecule has 1 heteroatoms. The van der Waals surface area contributed by atoms with E-state index in [0.29, 0.717) is 0 Å². The maximum Gasteiger partial charge on any atom is 0.0133 e. The van der Waals surface area contributed by atoms with Crippen molar-refractivity contribution in [2.24, 2.45) is 0 Å². The van der Waals surface area contributed by atoms with Gasteiger partial charge in [-0.25, -0.2) is 0 Å². The predicted octanol–water partition coefficient (Wildman–Crippen LogP) is 1.80. The SMILES string of the molecule is C=C1C[C@H]2CC[C@@H](C1)N2C. The molecular weight excluding hydrogens is 122 g/mol. The molecule has 10 heavy (non-hydrogen) atoms. The Kier molecular flexibility index (Phi) is 1.34. The summed E-state index contributed by atoms with van der Waals surface area (Å²) in [6.45, 7) is 4.06. The zero-order valence-corrected chi connectivity index (χ0v) is 6.64. The van der Waals surface area contributed by atoms with Gasteiger partial charge in [-0.3, -0.25) is 4.90 Å². The number of hydrogen-bond donors (Lipinski definition) is 0. The molecule has 2 bridgehead atoms. The summed E-state index contributed by atoms with van der Waals surface area (Å²) in [6, 6.07) is 1.68. The van der Waals surface area contributed by atoms with Gasteiger partial charge in [-0.15, -0.1) is 0 Å². The molecule has 2 aliphatic rings. The van der Waals surface area contributed by atoms with Crippen LogP contribution in [-0.2, 0) is 0 Å². The van der Waals surface area contributed by atoms with Crippen molar-refractivity contribution in [3.63, 3.8) is 0 Å². The van der Waals surface area contributed by atoms with Crippen molar-refractivity contribution < 1.29 is 0 Å². The van der Waals surface area contributed by atoms with Crippen LogP contribution in [0, 0.1) is 0 Å². The van der Waals surface area contributed by atoms with Gasteiger partial charge in [-0.1, -0.05) is 12.2 Å². The van der Waals surface area contributed by atoms with Crippen molar-refractivity contribution in [3.8, 4) is 0 Å². The Labute approximate surface area is 62.7 Å². The molecule has 0 radical (unpaired) electrons. The molecule has 2 aliphatic heterocycles. The van der Waals surface area contributed by atoms with E-state index in [1.54, 1.807) is 0 Å². The monoisotopic (exact) mass is 137 g/mol. The maximum absolute atomic E-state index is 4.06. The molecule has 0 amide bonds. The van der Waals surface area contributed by atoms with E-state index >= 15 is 0 Å². The van der Waals surface area contributed by atoms with Crippen LogP contribution in [0.1, 0.15) is 25.7 Å². The normalized spacial score (nSPS) is 40.7. The van der Waals surface area contributed by atoms with Crippen LogP contribution in [0.5, 0.6) is 0 Å². The number of hydrogen-bond acceptors (Lipinski definition) is 1. The molecule has 0 aromatic carbocycles. The summed E-state index contributed by atoms with van der Waals surface area (Å²) >= 11 is 0. The van der Waals surface area contributed by atoms with Gasteiger partial charge < -0.3 is 0 Å². The average Bonchev–Trinajstić information content (AvgIpc) is 2.20. The van der Waals surface area contributed by atoms with Gasteiger partial charge >= 0.3 is 0 Å². The van der Waals surface area contributed by atoms with E-state index in [0.717, 1.165) is 12.1 Å². The Bertz CT molecular complexity index is 146. The van der Waals surface area contributed by atoms with Gasteiger partial charge in [-0.05, 0) is 32.7 Å². The quantitative estimate of drug-likeness (QED) is 0.460. The summed E-state index contributed by atoms with van der Waals surface area (Å²) in [5.41, 5.74) is 1.48. The lowest BCUT2D eigenvalue weighted by atomic mass is 9.99. The molecule has 56 valence electrons. The van der Waals surface area contributed by atoms with Gasteiger partial charge in [0.1, 0.15) is 0 Å². The number of fused-ring (bicyclic) bond motifs is 2. The van der Waals surface area contributed by atoms with Crippen LogP contribution in [0.15, 0.2) is 12.2 Å². The molecule has 2 rings (SSSR count). The standard InChI is InChI=1S/C9H15N/c1-7-5-8-3-4-9(6-7)10(8)2/h8-9H,1,3-6H2,2H3/t8-,9+. The van der Waals surface area contributed by atoms with Crippen LogP contribution in [0.25, 0.3) is 0 Å². The third kappa shape index (κ3) is 0.807. The van der Waals surface area contributed by atoms with Gasteiger partial charge in [0.15, 0.2) is 0 Å². The van der Waals surface area contributed by atoms with Crippen molar-refractivity contribution >= 4 is 0 Å². The summed E-state index contributed by atoms with van der Waals surface area (Å²) in [5, 5.41) is 0. The van der Waals surface area contributed by atoms with Crippen molar-refractivity contribution in [1.29, 1.82) is 0 Å². The minimum atomic E-state index is 0.839. The molecule has 0 unspecified atom stereocenters. The molecule has 0 spiro atoms. The first-order valence-corrected chi connectivity index (χ1v) is 4.16. The van der Waals surface area contributed by atoms with Crippen molar-refractivity contribution in [3.05, 3.63) is 12.2 Å². The molecule has 0 N–H and O–H groups in total. The third-order valence-corrected chi connectivity index (χ3v) is 3.03. The lowest BCUT2D eigenvalue weighted by Gasteiger charge is -2.32. The van der Waals surface area contributed by atoms with Gasteiger partial charge in [0.25, 0.3) is 0 Å². The number of nitrogens with zero attached hydrogens (tertiary/aromatic N) is 1. The Balaban J connectivity index is 2.16. The molecule has 0 aliphatic carbocycles. The highest BCUT2D eigenvalue weighted by atomic mass is 15.2. The van der Waals surface area contributed by atoms with Crippen molar-refractivity contribution in [2.45, 2.75) is 37.8 Å². The Morgan fingerprint density at radius 3 is 2.30 bits per heavy atom. The van der Waals surface area contributed by atoms with E-state index in [9.17, 15) is 0 Å². The van der Waals surface area contributed by atoms with Crippen LogP contribution in [0.4, 0.5) is 0 Å². The highest BCUT2D eigenvalue weighted by molar-refractivity contribution is 5.09. The van der Waals surface area contributed by atoms with E-state index in [-0.39, 0.29) is 0 Å². The third-order valence-electron chi connectivity index (χ3n) is 3.03. The van der Waals surface area contributed by atoms with E-state index in [2.05, 4.69) is 18.5 Å². The average molecular weight is 137 g/mol. The zero-order valence-electron chi connectivity index (χ0n) is 6.64. The second-order valence-corrected chi connectivity index (χ2v) is 3.71. The molecule has 2 atom stereocenters.